The Morgan fingerprint density at radius 3 is 2.92 bits per heavy atom. The highest BCUT2D eigenvalue weighted by atomic mass is 35.5. The minimum absolute atomic E-state index is 0.0703. The number of aliphatic hydroxyl groups is 1. The van der Waals surface area contributed by atoms with Gasteiger partial charge in [0.05, 0.1) is 13.7 Å². The molecule has 3 rings (SSSR count). The molecule has 2 aromatic carbocycles. The Morgan fingerprint density at radius 2 is 2.15 bits per heavy atom. The molecule has 0 radical (unpaired) electrons. The number of rotatable bonds is 6. The van der Waals surface area contributed by atoms with E-state index >= 15 is 0 Å². The van der Waals surface area contributed by atoms with Crippen molar-refractivity contribution in [1.29, 1.82) is 0 Å². The normalized spacial score (nSPS) is 18.9. The molecule has 4 nitrogen and oxygen atoms in total. The maximum Gasteiger partial charge on any atom is 0.220 e. The lowest BCUT2D eigenvalue weighted by Gasteiger charge is -2.35. The van der Waals surface area contributed by atoms with E-state index in [0.717, 1.165) is 35.3 Å². The van der Waals surface area contributed by atoms with Gasteiger partial charge in [0.15, 0.2) is 0 Å². The van der Waals surface area contributed by atoms with E-state index in [1.54, 1.807) is 7.11 Å². The van der Waals surface area contributed by atoms with Gasteiger partial charge in [0.1, 0.15) is 11.4 Å². The molecule has 138 valence electrons. The van der Waals surface area contributed by atoms with E-state index in [2.05, 4.69) is 5.32 Å². The number of methoxy groups -OCH3 is 1. The summed E-state index contributed by atoms with van der Waals surface area (Å²) in [7, 11) is 1.64. The third-order valence-corrected chi connectivity index (χ3v) is 5.19. The number of hydrogen-bond donors (Lipinski definition) is 2. The lowest BCUT2D eigenvalue weighted by atomic mass is 9.79. The number of carbonyl (C=O) groups is 1. The van der Waals surface area contributed by atoms with Gasteiger partial charge in [-0.2, -0.15) is 0 Å². The van der Waals surface area contributed by atoms with Gasteiger partial charge in [0, 0.05) is 11.4 Å². The zero-order valence-electron chi connectivity index (χ0n) is 14.9. The molecule has 0 spiro atoms. The van der Waals surface area contributed by atoms with Crippen LogP contribution < -0.4 is 10.1 Å². The van der Waals surface area contributed by atoms with Crippen LogP contribution in [0.2, 0.25) is 5.02 Å². The summed E-state index contributed by atoms with van der Waals surface area (Å²) >= 11 is 5.97. The summed E-state index contributed by atoms with van der Waals surface area (Å²) in [5, 5.41) is 14.7. The molecule has 2 N–H and O–H groups in total. The second-order valence-corrected chi connectivity index (χ2v) is 7.25. The maximum absolute atomic E-state index is 12.2. The van der Waals surface area contributed by atoms with Gasteiger partial charge in [-0.3, -0.25) is 4.79 Å². The first-order valence-electron chi connectivity index (χ1n) is 8.91. The molecule has 1 atom stereocenters. The maximum atomic E-state index is 12.2. The van der Waals surface area contributed by atoms with Gasteiger partial charge in [-0.15, -0.1) is 0 Å². The molecule has 5 heteroatoms. The number of aryl methyl sites for hydroxylation is 2. The van der Waals surface area contributed by atoms with Crippen LogP contribution in [-0.4, -0.2) is 24.7 Å². The number of benzene rings is 2. The Kier molecular flexibility index (Phi) is 5.84. The van der Waals surface area contributed by atoms with Crippen molar-refractivity contribution >= 4 is 17.5 Å². The highest BCUT2D eigenvalue weighted by Gasteiger charge is 2.34. The van der Waals surface area contributed by atoms with E-state index in [-0.39, 0.29) is 12.5 Å². The van der Waals surface area contributed by atoms with Crippen LogP contribution in [0.25, 0.3) is 0 Å². The molecule has 0 fully saturated rings. The van der Waals surface area contributed by atoms with Gasteiger partial charge < -0.3 is 15.2 Å². The number of halogens is 1. The standard InChI is InChI=1S/C21H24ClNO3/c1-26-18-8-9-19-16(13-18)5-3-11-21(19,25)14-23-20(24)10-7-15-4-2-6-17(22)12-15/h2,4,6,8-9,12-13,25H,3,5,7,10-11,14H2,1H3,(H,23,24). The molecule has 0 aliphatic heterocycles. The fraction of sp³-hybridized carbons (Fsp3) is 0.381. The minimum atomic E-state index is -1.02. The summed E-state index contributed by atoms with van der Waals surface area (Å²) in [5.74, 6) is 0.720. The van der Waals surface area contributed by atoms with E-state index in [4.69, 9.17) is 16.3 Å². The molecule has 1 unspecified atom stereocenters. The number of hydrogen-bond acceptors (Lipinski definition) is 3. The Balaban J connectivity index is 1.60. The van der Waals surface area contributed by atoms with Crippen molar-refractivity contribution in [1.82, 2.24) is 5.32 Å². The zero-order valence-corrected chi connectivity index (χ0v) is 15.7. The van der Waals surface area contributed by atoms with Crippen molar-refractivity contribution in [3.63, 3.8) is 0 Å². The smallest absolute Gasteiger partial charge is 0.220 e. The molecule has 0 aromatic heterocycles. The predicted octanol–water partition coefficient (Wildman–Crippen LogP) is 3.62. The molecular formula is C21H24ClNO3. The summed E-state index contributed by atoms with van der Waals surface area (Å²) in [4.78, 5) is 12.2. The molecule has 0 bridgehead atoms. The van der Waals surface area contributed by atoms with Crippen LogP contribution >= 0.6 is 11.6 Å². The fourth-order valence-electron chi connectivity index (χ4n) is 3.53. The van der Waals surface area contributed by atoms with Crippen molar-refractivity contribution in [3.8, 4) is 5.75 Å². The Morgan fingerprint density at radius 1 is 1.31 bits per heavy atom. The van der Waals surface area contributed by atoms with Gasteiger partial charge in [-0.25, -0.2) is 0 Å². The van der Waals surface area contributed by atoms with Crippen LogP contribution in [0.15, 0.2) is 42.5 Å². The molecular weight excluding hydrogens is 350 g/mol. The predicted molar refractivity (Wildman–Crippen MR) is 103 cm³/mol. The highest BCUT2D eigenvalue weighted by molar-refractivity contribution is 6.30. The fourth-order valence-corrected chi connectivity index (χ4v) is 3.74. The number of carbonyl (C=O) groups excluding carboxylic acids is 1. The van der Waals surface area contributed by atoms with Crippen molar-refractivity contribution in [2.24, 2.45) is 0 Å². The van der Waals surface area contributed by atoms with Crippen LogP contribution in [0.3, 0.4) is 0 Å². The number of fused-ring (bicyclic) bond motifs is 1. The van der Waals surface area contributed by atoms with E-state index in [1.807, 2.05) is 42.5 Å². The van der Waals surface area contributed by atoms with E-state index < -0.39 is 5.60 Å². The third kappa shape index (κ3) is 4.37. The van der Waals surface area contributed by atoms with Crippen LogP contribution in [0.4, 0.5) is 0 Å². The van der Waals surface area contributed by atoms with Crippen LogP contribution in [-0.2, 0) is 23.2 Å². The van der Waals surface area contributed by atoms with Crippen LogP contribution in [0.1, 0.15) is 36.0 Å². The van der Waals surface area contributed by atoms with Crippen molar-refractivity contribution in [2.75, 3.05) is 13.7 Å². The van der Waals surface area contributed by atoms with E-state index in [9.17, 15) is 9.90 Å². The molecule has 26 heavy (non-hydrogen) atoms. The Bertz CT molecular complexity index is 793. The average molecular weight is 374 g/mol. The van der Waals surface area contributed by atoms with Crippen LogP contribution in [0.5, 0.6) is 5.75 Å². The number of amides is 1. The third-order valence-electron chi connectivity index (χ3n) is 4.96. The molecule has 1 amide bonds. The van der Waals surface area contributed by atoms with E-state index in [1.165, 1.54) is 0 Å². The lowest BCUT2D eigenvalue weighted by Crippen LogP contribution is -2.43. The van der Waals surface area contributed by atoms with Gasteiger partial charge in [0.2, 0.25) is 5.91 Å². The Labute approximate surface area is 159 Å². The van der Waals surface area contributed by atoms with Gasteiger partial charge in [-0.1, -0.05) is 29.8 Å². The molecule has 2 aromatic rings. The zero-order chi connectivity index (χ0) is 18.6. The summed E-state index contributed by atoms with van der Waals surface area (Å²) in [6.07, 6.45) is 3.43. The largest absolute Gasteiger partial charge is 0.497 e. The monoisotopic (exact) mass is 373 g/mol. The molecule has 0 saturated heterocycles. The molecule has 0 saturated carbocycles. The quantitative estimate of drug-likeness (QED) is 0.813. The summed E-state index contributed by atoms with van der Waals surface area (Å²) in [6.45, 7) is 0.223. The summed E-state index contributed by atoms with van der Waals surface area (Å²) in [6, 6.07) is 13.3. The van der Waals surface area contributed by atoms with Crippen molar-refractivity contribution in [2.45, 2.75) is 37.7 Å². The summed E-state index contributed by atoms with van der Waals surface area (Å²) in [5.41, 5.74) is 1.98. The second kappa shape index (κ2) is 8.11. The first-order valence-corrected chi connectivity index (χ1v) is 9.29. The molecule has 1 aliphatic carbocycles. The highest BCUT2D eigenvalue weighted by Crippen LogP contribution is 2.36. The topological polar surface area (TPSA) is 58.6 Å². The first-order chi connectivity index (χ1) is 12.5. The minimum Gasteiger partial charge on any atom is -0.497 e. The summed E-state index contributed by atoms with van der Waals surface area (Å²) < 4.78 is 5.27. The second-order valence-electron chi connectivity index (χ2n) is 6.81. The molecule has 1 aliphatic rings. The van der Waals surface area contributed by atoms with Gasteiger partial charge in [-0.05, 0) is 66.6 Å². The lowest BCUT2D eigenvalue weighted by molar-refractivity contribution is -0.122. The van der Waals surface area contributed by atoms with Gasteiger partial charge >= 0.3 is 0 Å². The average Bonchev–Trinajstić information content (AvgIpc) is 2.65. The van der Waals surface area contributed by atoms with Crippen molar-refractivity contribution < 1.29 is 14.6 Å². The molecule has 0 heterocycles. The number of nitrogens with one attached hydrogen (secondary N) is 1. The van der Waals surface area contributed by atoms with Crippen LogP contribution in [0, 0.1) is 0 Å². The van der Waals surface area contributed by atoms with Crippen molar-refractivity contribution in [3.05, 3.63) is 64.2 Å². The van der Waals surface area contributed by atoms with Gasteiger partial charge in [0.25, 0.3) is 0 Å². The first kappa shape index (κ1) is 18.7. The number of ether oxygens (including phenoxy) is 1. The Hall–Kier alpha value is -2.04. The SMILES string of the molecule is COc1ccc2c(c1)CCCC2(O)CNC(=O)CCc1cccc(Cl)c1. The van der Waals surface area contributed by atoms with E-state index in [0.29, 0.717) is 24.3 Å².